The molecule has 0 bridgehead atoms. The second-order valence-corrected chi connectivity index (χ2v) is 4.51. The van der Waals surface area contributed by atoms with Crippen LogP contribution in [0.4, 0.5) is 0 Å². The number of aryl methyl sites for hydroxylation is 1. The Hall–Kier alpha value is -1.46. The Morgan fingerprint density at radius 2 is 2.19 bits per heavy atom. The van der Waals surface area contributed by atoms with Crippen molar-refractivity contribution in [2.45, 2.75) is 13.0 Å². The van der Waals surface area contributed by atoms with E-state index >= 15 is 0 Å². The van der Waals surface area contributed by atoms with Gasteiger partial charge >= 0.3 is 0 Å². The molecule has 2 aromatic rings. The summed E-state index contributed by atoms with van der Waals surface area (Å²) in [4.78, 5) is 1.16. The Kier molecular flexibility index (Phi) is 3.17. The number of rotatable bonds is 3. The fourth-order valence-electron chi connectivity index (χ4n) is 1.36. The summed E-state index contributed by atoms with van der Waals surface area (Å²) in [5.41, 5.74) is 1.38. The summed E-state index contributed by atoms with van der Waals surface area (Å²) < 4.78 is 4.91. The van der Waals surface area contributed by atoms with Gasteiger partial charge in [0.05, 0.1) is 12.8 Å². The van der Waals surface area contributed by atoms with Crippen LogP contribution in [-0.4, -0.2) is 22.4 Å². The monoisotopic (exact) mass is 236 g/mol. The topological polar surface area (TPSA) is 55.2 Å². The highest BCUT2D eigenvalue weighted by Gasteiger charge is 2.13. The Balaban J connectivity index is 2.23. The predicted molar refractivity (Wildman–Crippen MR) is 61.7 cm³/mol. The molecule has 1 N–H and O–H groups in total. The van der Waals surface area contributed by atoms with Gasteiger partial charge in [-0.2, -0.15) is 0 Å². The molecule has 5 heteroatoms. The molecule has 0 fully saturated rings. The zero-order valence-corrected chi connectivity index (χ0v) is 9.86. The summed E-state index contributed by atoms with van der Waals surface area (Å²) in [6, 6.07) is 5.34. The van der Waals surface area contributed by atoms with E-state index in [1.165, 1.54) is 7.11 Å². The zero-order chi connectivity index (χ0) is 11.5. The van der Waals surface area contributed by atoms with E-state index in [9.17, 15) is 5.11 Å². The first-order chi connectivity index (χ1) is 7.70. The van der Waals surface area contributed by atoms with E-state index in [0.29, 0.717) is 11.6 Å². The Labute approximate surface area is 97.5 Å². The number of ether oxygens (including phenoxy) is 1. The molecule has 0 radical (unpaired) electrons. The molecule has 0 aliphatic rings. The van der Waals surface area contributed by atoms with Crippen molar-refractivity contribution < 1.29 is 9.84 Å². The Morgan fingerprint density at radius 1 is 1.38 bits per heavy atom. The largest absolute Gasteiger partial charge is 0.480 e. The molecule has 0 saturated heterocycles. The van der Waals surface area contributed by atoms with Crippen LogP contribution < -0.4 is 4.74 Å². The highest BCUT2D eigenvalue weighted by Crippen LogP contribution is 2.24. The number of aromatic nitrogens is 2. The molecule has 2 heterocycles. The molecular formula is C11H12N2O2S. The minimum Gasteiger partial charge on any atom is -0.480 e. The van der Waals surface area contributed by atoms with Crippen LogP contribution in [0.1, 0.15) is 22.2 Å². The van der Waals surface area contributed by atoms with Crippen molar-refractivity contribution in [2.75, 3.05) is 7.11 Å². The third-order valence-electron chi connectivity index (χ3n) is 2.22. The van der Waals surface area contributed by atoms with E-state index < -0.39 is 6.10 Å². The van der Waals surface area contributed by atoms with Crippen molar-refractivity contribution in [1.82, 2.24) is 10.2 Å². The van der Waals surface area contributed by atoms with Gasteiger partial charge in [-0.3, -0.25) is 0 Å². The van der Waals surface area contributed by atoms with Gasteiger partial charge in [-0.1, -0.05) is 0 Å². The molecule has 0 amide bonds. The molecule has 84 valence electrons. The van der Waals surface area contributed by atoms with Gasteiger partial charge in [-0.15, -0.1) is 21.5 Å². The Bertz CT molecular complexity index is 467. The van der Waals surface area contributed by atoms with Crippen molar-refractivity contribution in [3.05, 3.63) is 39.7 Å². The van der Waals surface area contributed by atoms with Crippen molar-refractivity contribution >= 4 is 11.3 Å². The minimum absolute atomic E-state index is 0.442. The lowest BCUT2D eigenvalue weighted by atomic mass is 10.1. The lowest BCUT2D eigenvalue weighted by Crippen LogP contribution is -2.03. The van der Waals surface area contributed by atoms with Crippen LogP contribution in [0.25, 0.3) is 0 Å². The van der Waals surface area contributed by atoms with Crippen LogP contribution in [0.15, 0.2) is 23.6 Å². The molecule has 4 nitrogen and oxygen atoms in total. The predicted octanol–water partition coefficient (Wildman–Crippen LogP) is 1.94. The lowest BCUT2D eigenvalue weighted by Gasteiger charge is -2.07. The van der Waals surface area contributed by atoms with Crippen LogP contribution >= 0.6 is 11.3 Å². The summed E-state index contributed by atoms with van der Waals surface area (Å²) in [6.45, 7) is 2.00. The van der Waals surface area contributed by atoms with Gasteiger partial charge in [-0.25, -0.2) is 0 Å². The average molecular weight is 236 g/mol. The summed E-state index contributed by atoms with van der Waals surface area (Å²) in [7, 11) is 1.53. The number of hydrogen-bond donors (Lipinski definition) is 1. The van der Waals surface area contributed by atoms with Crippen LogP contribution in [0.3, 0.4) is 0 Å². The maximum Gasteiger partial charge on any atom is 0.233 e. The first kappa shape index (κ1) is 11.0. The fraction of sp³-hybridized carbons (Fsp3) is 0.273. The molecule has 0 aliphatic carbocycles. The van der Waals surface area contributed by atoms with Crippen molar-refractivity contribution in [1.29, 1.82) is 0 Å². The van der Waals surface area contributed by atoms with Crippen LogP contribution in [0.5, 0.6) is 5.88 Å². The van der Waals surface area contributed by atoms with Gasteiger partial charge in [0, 0.05) is 10.9 Å². The van der Waals surface area contributed by atoms with Gasteiger partial charge in [0.1, 0.15) is 6.10 Å². The quantitative estimate of drug-likeness (QED) is 0.884. The maximum absolute atomic E-state index is 10.0. The van der Waals surface area contributed by atoms with Crippen molar-refractivity contribution in [3.63, 3.8) is 0 Å². The average Bonchev–Trinajstić information content (AvgIpc) is 2.75. The fourth-order valence-corrected chi connectivity index (χ4v) is 2.09. The van der Waals surface area contributed by atoms with Gasteiger partial charge in [0.2, 0.25) is 5.88 Å². The van der Waals surface area contributed by atoms with Gasteiger partial charge in [0.25, 0.3) is 0 Å². The number of aliphatic hydroxyl groups excluding tert-OH is 1. The van der Waals surface area contributed by atoms with Crippen LogP contribution in [-0.2, 0) is 0 Å². The number of hydrogen-bond acceptors (Lipinski definition) is 5. The highest BCUT2D eigenvalue weighted by molar-refractivity contribution is 7.10. The number of nitrogens with zero attached hydrogens (tertiary/aromatic N) is 2. The highest BCUT2D eigenvalue weighted by atomic mass is 32.1. The molecule has 2 aromatic heterocycles. The normalized spacial score (nSPS) is 12.4. The maximum atomic E-state index is 10.0. The molecule has 0 spiro atoms. The van der Waals surface area contributed by atoms with Gasteiger partial charge in [-0.05, 0) is 30.0 Å². The number of thiophene rings is 1. The molecule has 1 unspecified atom stereocenters. The Morgan fingerprint density at radius 3 is 2.69 bits per heavy atom. The van der Waals surface area contributed by atoms with Gasteiger partial charge in [0.15, 0.2) is 0 Å². The first-order valence-corrected chi connectivity index (χ1v) is 5.69. The lowest BCUT2D eigenvalue weighted by molar-refractivity contribution is 0.214. The zero-order valence-electron chi connectivity index (χ0n) is 9.04. The van der Waals surface area contributed by atoms with E-state index in [0.717, 1.165) is 10.4 Å². The molecule has 0 aromatic carbocycles. The van der Waals surface area contributed by atoms with E-state index in [1.807, 2.05) is 18.4 Å². The number of aliphatic hydroxyl groups is 1. The minimum atomic E-state index is -0.719. The standard InChI is InChI=1S/C11H12N2O2S/c1-7-5-8(6-16-7)11(14)9-3-4-10(15-2)13-12-9/h3-6,11,14H,1-2H3. The molecular weight excluding hydrogens is 224 g/mol. The molecule has 0 saturated carbocycles. The number of methoxy groups -OCH3 is 1. The van der Waals surface area contributed by atoms with E-state index in [2.05, 4.69) is 10.2 Å². The summed E-state index contributed by atoms with van der Waals surface area (Å²) in [6.07, 6.45) is -0.719. The van der Waals surface area contributed by atoms with Gasteiger partial charge < -0.3 is 9.84 Å². The molecule has 1 atom stereocenters. The molecule has 2 rings (SSSR count). The van der Waals surface area contributed by atoms with Crippen molar-refractivity contribution in [2.24, 2.45) is 0 Å². The second kappa shape index (κ2) is 4.59. The molecule has 16 heavy (non-hydrogen) atoms. The first-order valence-electron chi connectivity index (χ1n) is 4.81. The van der Waals surface area contributed by atoms with Crippen molar-refractivity contribution in [3.8, 4) is 5.88 Å². The second-order valence-electron chi connectivity index (χ2n) is 3.39. The van der Waals surface area contributed by atoms with Crippen LogP contribution in [0.2, 0.25) is 0 Å². The van der Waals surface area contributed by atoms with Crippen LogP contribution in [0, 0.1) is 6.92 Å². The summed E-state index contributed by atoms with van der Waals surface area (Å²) in [5.74, 6) is 0.442. The summed E-state index contributed by atoms with van der Waals surface area (Å²) >= 11 is 1.60. The van der Waals surface area contributed by atoms with E-state index in [1.54, 1.807) is 23.5 Å². The van der Waals surface area contributed by atoms with E-state index in [4.69, 9.17) is 4.74 Å². The smallest absolute Gasteiger partial charge is 0.233 e. The third-order valence-corrected chi connectivity index (χ3v) is 3.10. The van der Waals surface area contributed by atoms with E-state index in [-0.39, 0.29) is 0 Å². The SMILES string of the molecule is COc1ccc(C(O)c2csc(C)c2)nn1. The summed E-state index contributed by atoms with van der Waals surface area (Å²) in [5, 5.41) is 19.7. The third kappa shape index (κ3) is 2.20. The molecule has 0 aliphatic heterocycles.